The molecule has 2 saturated heterocycles. The Balaban J connectivity index is 1.34. The van der Waals surface area contributed by atoms with Gasteiger partial charge >= 0.3 is 0 Å². The van der Waals surface area contributed by atoms with Crippen LogP contribution in [0.25, 0.3) is 10.9 Å². The van der Waals surface area contributed by atoms with Crippen LogP contribution in [0.1, 0.15) is 51.1 Å². The number of aromatic nitrogens is 1. The molecule has 2 aliphatic rings. The lowest BCUT2D eigenvalue weighted by atomic mass is 10.0. The van der Waals surface area contributed by atoms with E-state index in [1.165, 1.54) is 21.5 Å². The molecule has 0 bridgehead atoms. The molecule has 10 nitrogen and oxygen atoms in total. The fraction of sp³-hybridized carbons (Fsp3) is 0.556. The topological polar surface area (TPSA) is 144 Å². The minimum absolute atomic E-state index is 0.00423. The number of hydrogen-bond acceptors (Lipinski definition) is 5. The van der Waals surface area contributed by atoms with Crippen LogP contribution in [0.3, 0.4) is 0 Å². The van der Waals surface area contributed by atoms with Crippen LogP contribution in [0.5, 0.6) is 0 Å². The molecule has 3 atom stereocenters. The monoisotopic (exact) mass is 510 g/mol. The minimum Gasteiger partial charge on any atom is -0.370 e. The number of nitrogens with two attached hydrogens (primary N) is 2. The average molecular weight is 511 g/mol. The third-order valence-corrected chi connectivity index (χ3v) is 7.57. The highest BCUT2D eigenvalue weighted by atomic mass is 16.2. The molecular weight excluding hydrogens is 472 g/mol. The van der Waals surface area contributed by atoms with Gasteiger partial charge in [-0.05, 0) is 63.0 Å². The van der Waals surface area contributed by atoms with E-state index in [4.69, 9.17) is 11.5 Å². The Labute approximate surface area is 217 Å². The van der Waals surface area contributed by atoms with Gasteiger partial charge in [0.1, 0.15) is 6.04 Å². The van der Waals surface area contributed by atoms with Gasteiger partial charge in [0.05, 0.1) is 19.0 Å². The fourth-order valence-electron chi connectivity index (χ4n) is 5.70. The molecule has 0 radical (unpaired) electrons. The first kappa shape index (κ1) is 26.7. The van der Waals surface area contributed by atoms with Crippen molar-refractivity contribution in [3.05, 3.63) is 36.0 Å². The Bertz CT molecular complexity index is 1160. The number of piperidine rings is 1. The third-order valence-electron chi connectivity index (χ3n) is 7.57. The van der Waals surface area contributed by atoms with E-state index in [0.717, 1.165) is 32.2 Å². The maximum Gasteiger partial charge on any atom is 0.245 e. The van der Waals surface area contributed by atoms with Gasteiger partial charge < -0.3 is 31.2 Å². The number of primary amides is 1. The molecule has 0 aliphatic carbocycles. The highest BCUT2D eigenvalue weighted by molar-refractivity contribution is 5.93. The lowest BCUT2D eigenvalue weighted by Gasteiger charge is -2.34. The molecule has 2 aromatic rings. The number of nitrogens with one attached hydrogen (secondary N) is 1. The van der Waals surface area contributed by atoms with Gasteiger partial charge in [0.25, 0.3) is 0 Å². The zero-order valence-electron chi connectivity index (χ0n) is 21.5. The smallest absolute Gasteiger partial charge is 0.245 e. The van der Waals surface area contributed by atoms with E-state index in [0.29, 0.717) is 25.9 Å². The SMILES string of the molecule is CCn1c(CC[C@@H]2CCCN2C(=O)CN2CCC[C@H](NC(=O)[C@H](N)CC(N)=O)C2=O)cc2ccccc21. The van der Waals surface area contributed by atoms with Crippen molar-refractivity contribution in [1.29, 1.82) is 0 Å². The standard InChI is InChI=1S/C27H38N6O4/c1-2-32-20(15-18-7-3-4-10-23(18)32)12-11-19-8-5-14-33(19)25(35)17-31-13-6-9-22(27(31)37)30-26(36)21(28)16-24(29)34/h3-4,7,10,15,19,21-22H,2,5-6,8-9,11-14,16-17,28H2,1H3,(H2,29,34)(H,30,36)/t19-,21+,22-/m0/s1. The van der Waals surface area contributed by atoms with Crippen molar-refractivity contribution in [2.45, 2.75) is 76.5 Å². The third kappa shape index (κ3) is 6.12. The second-order valence-corrected chi connectivity index (χ2v) is 10.1. The molecule has 4 amide bonds. The van der Waals surface area contributed by atoms with Crippen LogP contribution in [0.2, 0.25) is 0 Å². The molecule has 0 saturated carbocycles. The lowest BCUT2D eigenvalue weighted by molar-refractivity contribution is -0.145. The molecule has 4 rings (SSSR count). The summed E-state index contributed by atoms with van der Waals surface area (Å²) in [7, 11) is 0. The van der Waals surface area contributed by atoms with Gasteiger partial charge in [0.2, 0.25) is 23.6 Å². The zero-order chi connectivity index (χ0) is 26.5. The van der Waals surface area contributed by atoms with Crippen LogP contribution in [0.4, 0.5) is 0 Å². The van der Waals surface area contributed by atoms with Crippen molar-refractivity contribution < 1.29 is 19.2 Å². The Hall–Kier alpha value is -3.40. The number of carbonyl (C=O) groups excluding carboxylic acids is 4. The first-order chi connectivity index (χ1) is 17.8. The fourth-order valence-corrected chi connectivity index (χ4v) is 5.70. The molecule has 0 spiro atoms. The molecule has 10 heteroatoms. The van der Waals surface area contributed by atoms with Gasteiger partial charge in [0, 0.05) is 36.9 Å². The summed E-state index contributed by atoms with van der Waals surface area (Å²) in [6.45, 7) is 4.23. The number of benzene rings is 1. The number of hydrogen-bond donors (Lipinski definition) is 3. The Kier molecular flexibility index (Phi) is 8.48. The van der Waals surface area contributed by atoms with Crippen molar-refractivity contribution >= 4 is 34.5 Å². The molecule has 2 fully saturated rings. The first-order valence-electron chi connectivity index (χ1n) is 13.3. The normalized spacial score (nSPS) is 20.9. The number of para-hydroxylation sites is 1. The molecule has 1 aromatic carbocycles. The van der Waals surface area contributed by atoms with Crippen molar-refractivity contribution in [1.82, 2.24) is 19.7 Å². The molecular formula is C27H38N6O4. The summed E-state index contributed by atoms with van der Waals surface area (Å²) in [5.74, 6) is -1.61. The second kappa shape index (κ2) is 11.8. The van der Waals surface area contributed by atoms with Crippen molar-refractivity contribution in [3.8, 4) is 0 Å². The molecule has 1 aromatic heterocycles. The van der Waals surface area contributed by atoms with E-state index in [-0.39, 0.29) is 30.8 Å². The second-order valence-electron chi connectivity index (χ2n) is 10.1. The van der Waals surface area contributed by atoms with Crippen LogP contribution in [-0.4, -0.2) is 75.8 Å². The minimum atomic E-state index is -1.10. The molecule has 3 heterocycles. The van der Waals surface area contributed by atoms with Crippen molar-refractivity contribution in [2.24, 2.45) is 11.5 Å². The molecule has 37 heavy (non-hydrogen) atoms. The van der Waals surface area contributed by atoms with Crippen LogP contribution < -0.4 is 16.8 Å². The van der Waals surface area contributed by atoms with Crippen molar-refractivity contribution in [2.75, 3.05) is 19.6 Å². The van der Waals surface area contributed by atoms with Gasteiger partial charge in [-0.25, -0.2) is 0 Å². The number of likely N-dealkylation sites (tertiary alicyclic amines) is 2. The van der Waals surface area contributed by atoms with Crippen LogP contribution in [-0.2, 0) is 32.1 Å². The number of rotatable bonds is 10. The van der Waals surface area contributed by atoms with Crippen molar-refractivity contribution in [3.63, 3.8) is 0 Å². The number of fused-ring (bicyclic) bond motifs is 1. The molecule has 2 aliphatic heterocycles. The highest BCUT2D eigenvalue weighted by Crippen LogP contribution is 2.26. The molecule has 0 unspecified atom stereocenters. The maximum absolute atomic E-state index is 13.3. The van der Waals surface area contributed by atoms with Gasteiger partial charge in [0.15, 0.2) is 0 Å². The van der Waals surface area contributed by atoms with E-state index < -0.39 is 23.9 Å². The van der Waals surface area contributed by atoms with E-state index in [2.05, 4.69) is 47.1 Å². The van der Waals surface area contributed by atoms with E-state index in [1.807, 2.05) is 4.90 Å². The van der Waals surface area contributed by atoms with E-state index in [9.17, 15) is 19.2 Å². The molecule has 5 N–H and O–H groups in total. The highest BCUT2D eigenvalue weighted by Gasteiger charge is 2.35. The van der Waals surface area contributed by atoms with Gasteiger partial charge in [-0.1, -0.05) is 18.2 Å². The maximum atomic E-state index is 13.3. The van der Waals surface area contributed by atoms with Gasteiger partial charge in [-0.2, -0.15) is 0 Å². The number of nitrogens with zero attached hydrogens (tertiary/aromatic N) is 3. The Morgan fingerprint density at radius 1 is 1.14 bits per heavy atom. The number of carbonyl (C=O) groups is 4. The summed E-state index contributed by atoms with van der Waals surface area (Å²) in [5, 5.41) is 3.86. The summed E-state index contributed by atoms with van der Waals surface area (Å²) in [6, 6.07) is 8.93. The molecule has 200 valence electrons. The Morgan fingerprint density at radius 2 is 1.89 bits per heavy atom. The largest absolute Gasteiger partial charge is 0.370 e. The number of aryl methyl sites for hydroxylation is 2. The van der Waals surface area contributed by atoms with Crippen LogP contribution in [0, 0.1) is 0 Å². The Morgan fingerprint density at radius 3 is 2.65 bits per heavy atom. The predicted octanol–water partition coefficient (Wildman–Crippen LogP) is 0.895. The number of amides is 4. The lowest BCUT2D eigenvalue weighted by Crippen LogP contribution is -2.57. The van der Waals surface area contributed by atoms with Crippen LogP contribution in [0.15, 0.2) is 30.3 Å². The first-order valence-corrected chi connectivity index (χ1v) is 13.3. The van der Waals surface area contributed by atoms with Gasteiger partial charge in [-0.3, -0.25) is 19.2 Å². The summed E-state index contributed by atoms with van der Waals surface area (Å²) < 4.78 is 2.34. The van der Waals surface area contributed by atoms with E-state index >= 15 is 0 Å². The summed E-state index contributed by atoms with van der Waals surface area (Å²) >= 11 is 0. The van der Waals surface area contributed by atoms with E-state index in [1.54, 1.807) is 0 Å². The summed E-state index contributed by atoms with van der Waals surface area (Å²) in [5.41, 5.74) is 13.3. The predicted molar refractivity (Wildman–Crippen MR) is 140 cm³/mol. The van der Waals surface area contributed by atoms with Gasteiger partial charge in [-0.15, -0.1) is 0 Å². The quantitative estimate of drug-likeness (QED) is 0.435. The van der Waals surface area contributed by atoms with Crippen LogP contribution >= 0.6 is 0 Å². The summed E-state index contributed by atoms with van der Waals surface area (Å²) in [4.78, 5) is 53.1. The average Bonchev–Trinajstić information content (AvgIpc) is 3.48. The zero-order valence-corrected chi connectivity index (χ0v) is 21.5. The summed E-state index contributed by atoms with van der Waals surface area (Å²) in [6.07, 6.45) is 4.53.